The minimum Gasteiger partial charge on any atom is -0.335 e. The fourth-order valence-electron chi connectivity index (χ4n) is 4.83. The molecule has 0 bridgehead atoms. The number of rotatable bonds is 6. The Balaban J connectivity index is 1.01. The van der Waals surface area contributed by atoms with E-state index in [0.717, 1.165) is 75.7 Å². The van der Waals surface area contributed by atoms with Crippen LogP contribution in [0.1, 0.15) is 18.5 Å². The summed E-state index contributed by atoms with van der Waals surface area (Å²) in [4.78, 5) is 36.2. The van der Waals surface area contributed by atoms with Crippen LogP contribution in [0, 0.1) is 0 Å². The number of likely N-dealkylation sites (tertiary alicyclic amines) is 1. The highest BCUT2D eigenvalue weighted by Gasteiger charge is 2.26. The van der Waals surface area contributed by atoms with Crippen molar-refractivity contribution < 1.29 is 9.59 Å². The number of benzene rings is 1. The van der Waals surface area contributed by atoms with Gasteiger partial charge in [0.25, 0.3) is 0 Å². The summed E-state index contributed by atoms with van der Waals surface area (Å²) < 4.78 is 2.04. The van der Waals surface area contributed by atoms with Gasteiger partial charge >= 0.3 is 6.03 Å². The molecule has 2 aromatic heterocycles. The minimum atomic E-state index is 0.000183. The van der Waals surface area contributed by atoms with E-state index in [1.807, 2.05) is 64.0 Å². The Morgan fingerprint density at radius 1 is 0.886 bits per heavy atom. The van der Waals surface area contributed by atoms with Crippen LogP contribution in [0.15, 0.2) is 60.9 Å². The van der Waals surface area contributed by atoms with Crippen LogP contribution in [0.4, 0.5) is 10.5 Å². The lowest BCUT2D eigenvalue weighted by Crippen LogP contribution is -2.54. The molecule has 0 saturated carbocycles. The van der Waals surface area contributed by atoms with Crippen molar-refractivity contribution in [1.82, 2.24) is 29.4 Å². The second-order valence-corrected chi connectivity index (χ2v) is 9.38. The van der Waals surface area contributed by atoms with Crippen LogP contribution in [0.5, 0.6) is 0 Å². The molecule has 2 fully saturated rings. The first-order chi connectivity index (χ1) is 17.1. The van der Waals surface area contributed by atoms with Crippen molar-refractivity contribution in [2.24, 2.45) is 0 Å². The van der Waals surface area contributed by atoms with Gasteiger partial charge in [-0.05, 0) is 37.1 Å². The Hall–Kier alpha value is -3.43. The number of hydrogen-bond acceptors (Lipinski definition) is 5. The highest BCUT2D eigenvalue weighted by Crippen LogP contribution is 2.14. The lowest BCUT2D eigenvalue weighted by atomic mass is 10.1. The molecule has 0 unspecified atom stereocenters. The summed E-state index contributed by atoms with van der Waals surface area (Å²) in [7, 11) is 0. The van der Waals surface area contributed by atoms with E-state index in [9.17, 15) is 9.59 Å². The van der Waals surface area contributed by atoms with Crippen molar-refractivity contribution >= 4 is 23.3 Å². The number of fused-ring (bicyclic) bond motifs is 1. The average Bonchev–Trinajstić information content (AvgIpc) is 3.28. The summed E-state index contributed by atoms with van der Waals surface area (Å²) in [5.74, 6) is 0.000183. The number of para-hydroxylation sites is 1. The molecule has 2 aliphatic heterocycles. The normalized spacial score (nSPS) is 18.0. The third-order valence-electron chi connectivity index (χ3n) is 6.80. The number of hydrogen-bond donors (Lipinski definition) is 2. The SMILES string of the molecule is O=C(CN1CCC(NC(=O)N2CCN(Cc3cn4ccccc4n3)CC2)CC1)Nc1ccccc1. The predicted octanol–water partition coefficient (Wildman–Crippen LogP) is 2.26. The number of nitrogens with zero attached hydrogens (tertiary/aromatic N) is 5. The molecule has 4 heterocycles. The number of imidazole rings is 1. The van der Waals surface area contributed by atoms with Crippen LogP contribution in [0.25, 0.3) is 5.65 Å². The molecule has 35 heavy (non-hydrogen) atoms. The largest absolute Gasteiger partial charge is 0.335 e. The highest BCUT2D eigenvalue weighted by molar-refractivity contribution is 5.92. The topological polar surface area (TPSA) is 85.2 Å². The van der Waals surface area contributed by atoms with Crippen LogP contribution in [0.2, 0.25) is 0 Å². The highest BCUT2D eigenvalue weighted by atomic mass is 16.2. The third-order valence-corrected chi connectivity index (χ3v) is 6.80. The first-order valence-corrected chi connectivity index (χ1v) is 12.4. The van der Waals surface area contributed by atoms with Crippen molar-refractivity contribution in [3.8, 4) is 0 Å². The van der Waals surface area contributed by atoms with Crippen LogP contribution >= 0.6 is 0 Å². The number of nitrogens with one attached hydrogen (secondary N) is 2. The lowest BCUT2D eigenvalue weighted by Gasteiger charge is -2.37. The number of piperidine rings is 1. The van der Waals surface area contributed by atoms with E-state index >= 15 is 0 Å². The van der Waals surface area contributed by atoms with E-state index in [1.165, 1.54) is 0 Å². The average molecular weight is 476 g/mol. The molecule has 0 radical (unpaired) electrons. The van der Waals surface area contributed by atoms with Gasteiger partial charge in [-0.2, -0.15) is 0 Å². The molecule has 2 N–H and O–H groups in total. The van der Waals surface area contributed by atoms with Gasteiger partial charge in [0, 0.05) is 69.9 Å². The van der Waals surface area contributed by atoms with Crippen molar-refractivity contribution in [1.29, 1.82) is 0 Å². The van der Waals surface area contributed by atoms with Crippen LogP contribution in [0.3, 0.4) is 0 Å². The number of piperazine rings is 1. The first kappa shape index (κ1) is 23.3. The van der Waals surface area contributed by atoms with Crippen LogP contribution < -0.4 is 10.6 Å². The molecular formula is C26H33N7O2. The van der Waals surface area contributed by atoms with E-state index in [0.29, 0.717) is 6.54 Å². The first-order valence-electron chi connectivity index (χ1n) is 12.4. The quantitative estimate of drug-likeness (QED) is 0.571. The van der Waals surface area contributed by atoms with E-state index in [-0.39, 0.29) is 18.0 Å². The van der Waals surface area contributed by atoms with Gasteiger partial charge in [-0.1, -0.05) is 24.3 Å². The maximum atomic E-state index is 12.8. The Morgan fingerprint density at radius 3 is 2.37 bits per heavy atom. The molecule has 0 atom stereocenters. The van der Waals surface area contributed by atoms with Gasteiger partial charge in [0.1, 0.15) is 5.65 Å². The summed E-state index contributed by atoms with van der Waals surface area (Å²) >= 11 is 0. The van der Waals surface area contributed by atoms with E-state index in [1.54, 1.807) is 0 Å². The van der Waals surface area contributed by atoms with Crippen LogP contribution in [-0.2, 0) is 11.3 Å². The number of pyridine rings is 1. The van der Waals surface area contributed by atoms with Gasteiger partial charge in [0.15, 0.2) is 0 Å². The summed E-state index contributed by atoms with van der Waals surface area (Å²) in [5.41, 5.74) is 2.83. The van der Waals surface area contributed by atoms with Crippen molar-refractivity contribution in [3.63, 3.8) is 0 Å². The molecule has 0 spiro atoms. The van der Waals surface area contributed by atoms with Crippen molar-refractivity contribution in [2.75, 3.05) is 51.1 Å². The summed E-state index contributed by atoms with van der Waals surface area (Å²) in [6.45, 7) is 5.92. The molecule has 5 rings (SSSR count). The van der Waals surface area contributed by atoms with Gasteiger partial charge in [0.05, 0.1) is 12.2 Å². The number of carbonyl (C=O) groups excluding carboxylic acids is 2. The number of aromatic nitrogens is 2. The van der Waals surface area contributed by atoms with Gasteiger partial charge < -0.3 is 19.9 Å². The Labute approximate surface area is 205 Å². The van der Waals surface area contributed by atoms with Gasteiger partial charge in [-0.3, -0.25) is 14.6 Å². The molecule has 2 saturated heterocycles. The van der Waals surface area contributed by atoms with Crippen molar-refractivity contribution in [3.05, 3.63) is 66.6 Å². The smallest absolute Gasteiger partial charge is 0.317 e. The second kappa shape index (κ2) is 10.9. The molecule has 1 aromatic carbocycles. The molecule has 2 aliphatic rings. The molecule has 3 aromatic rings. The maximum Gasteiger partial charge on any atom is 0.317 e. The Bertz CT molecular complexity index is 1100. The molecule has 9 heteroatoms. The van der Waals surface area contributed by atoms with Gasteiger partial charge in [-0.25, -0.2) is 9.78 Å². The van der Waals surface area contributed by atoms with Gasteiger partial charge in [-0.15, -0.1) is 0 Å². The van der Waals surface area contributed by atoms with E-state index < -0.39 is 0 Å². The monoisotopic (exact) mass is 475 g/mol. The number of urea groups is 1. The van der Waals surface area contributed by atoms with E-state index in [2.05, 4.69) is 31.6 Å². The third kappa shape index (κ3) is 6.17. The predicted molar refractivity (Wildman–Crippen MR) is 135 cm³/mol. The fourth-order valence-corrected chi connectivity index (χ4v) is 4.83. The second-order valence-electron chi connectivity index (χ2n) is 9.38. The molecule has 0 aliphatic carbocycles. The van der Waals surface area contributed by atoms with Crippen molar-refractivity contribution in [2.45, 2.75) is 25.4 Å². The maximum absolute atomic E-state index is 12.8. The standard InChI is InChI=1S/C26H33N7O2/c34-25(28-21-6-2-1-3-7-21)20-30-12-9-22(10-13-30)29-26(35)32-16-14-31(15-17-32)18-23-19-33-11-5-4-8-24(33)27-23/h1-8,11,19,22H,9-10,12-18,20H2,(H,28,34)(H,29,35). The van der Waals surface area contributed by atoms with Gasteiger partial charge in [0.2, 0.25) is 5.91 Å². The summed E-state index contributed by atoms with van der Waals surface area (Å²) in [5, 5.41) is 6.15. The zero-order valence-electron chi connectivity index (χ0n) is 20.0. The number of carbonyl (C=O) groups is 2. The molecular weight excluding hydrogens is 442 g/mol. The Kier molecular flexibility index (Phi) is 7.25. The molecule has 9 nitrogen and oxygen atoms in total. The summed E-state index contributed by atoms with van der Waals surface area (Å²) in [6, 6.07) is 15.7. The molecule has 3 amide bonds. The Morgan fingerprint density at radius 2 is 1.63 bits per heavy atom. The zero-order chi connectivity index (χ0) is 24.0. The number of amides is 3. The lowest BCUT2D eigenvalue weighted by molar-refractivity contribution is -0.117. The minimum absolute atomic E-state index is 0.000183. The summed E-state index contributed by atoms with van der Waals surface area (Å²) in [6.07, 6.45) is 5.81. The van der Waals surface area contributed by atoms with E-state index in [4.69, 9.17) is 0 Å². The van der Waals surface area contributed by atoms with Crippen LogP contribution in [-0.4, -0.2) is 87.9 Å². The fraction of sp³-hybridized carbons (Fsp3) is 0.423. The number of anilines is 1. The molecule has 184 valence electrons. The zero-order valence-corrected chi connectivity index (χ0v) is 20.0.